The molecule has 2 fully saturated rings. The van der Waals surface area contributed by atoms with Crippen molar-refractivity contribution >= 4 is 11.9 Å². The van der Waals surface area contributed by atoms with E-state index in [1.807, 2.05) is 11.8 Å². The van der Waals surface area contributed by atoms with Gasteiger partial charge in [-0.2, -0.15) is 0 Å². The van der Waals surface area contributed by atoms with Gasteiger partial charge in [-0.15, -0.1) is 0 Å². The van der Waals surface area contributed by atoms with Crippen molar-refractivity contribution in [3.63, 3.8) is 0 Å². The summed E-state index contributed by atoms with van der Waals surface area (Å²) in [6.45, 7) is 5.68. The highest BCUT2D eigenvalue weighted by Crippen LogP contribution is 2.22. The predicted molar refractivity (Wildman–Crippen MR) is 96.6 cm³/mol. The van der Waals surface area contributed by atoms with Gasteiger partial charge in [0.05, 0.1) is 23.5 Å². The van der Waals surface area contributed by atoms with Crippen LogP contribution in [-0.4, -0.2) is 67.9 Å². The van der Waals surface area contributed by atoms with Gasteiger partial charge in [-0.05, 0) is 26.3 Å². The van der Waals surface area contributed by atoms with Crippen LogP contribution < -0.4 is 5.32 Å². The molecule has 1 amide bonds. The molecular formula is C18H23N7O. The highest BCUT2D eigenvalue weighted by molar-refractivity contribution is 5.93. The normalized spacial score (nSPS) is 21.3. The third kappa shape index (κ3) is 3.50. The number of fused-ring (bicyclic) bond motifs is 1. The number of aromatic nitrogens is 4. The van der Waals surface area contributed by atoms with Gasteiger partial charge in [0.25, 0.3) is 5.91 Å². The molecule has 1 unspecified atom stereocenters. The molecule has 2 aliphatic heterocycles. The highest BCUT2D eigenvalue weighted by Gasteiger charge is 2.32. The minimum absolute atomic E-state index is 0.0186. The predicted octanol–water partition coefficient (Wildman–Crippen LogP) is 1.36. The lowest BCUT2D eigenvalue weighted by Crippen LogP contribution is -2.52. The number of hydrogen-bond acceptors (Lipinski definition) is 7. The van der Waals surface area contributed by atoms with Gasteiger partial charge in [0.15, 0.2) is 0 Å². The SMILES string of the molecule is CC(Nc1ncc(C(=O)N2CCN3CCC[C@@H]3C2)cn1)c1cnccn1. The summed E-state index contributed by atoms with van der Waals surface area (Å²) in [6, 6.07) is 0.447. The smallest absolute Gasteiger partial charge is 0.257 e. The fraction of sp³-hybridized carbons (Fsp3) is 0.500. The van der Waals surface area contributed by atoms with Gasteiger partial charge >= 0.3 is 0 Å². The molecule has 0 radical (unpaired) electrons. The van der Waals surface area contributed by atoms with E-state index in [1.165, 1.54) is 19.4 Å². The molecule has 2 saturated heterocycles. The molecule has 26 heavy (non-hydrogen) atoms. The summed E-state index contributed by atoms with van der Waals surface area (Å²) in [6.07, 6.45) is 10.6. The Morgan fingerprint density at radius 2 is 2.00 bits per heavy atom. The molecule has 2 aliphatic rings. The van der Waals surface area contributed by atoms with Crippen molar-refractivity contribution in [3.05, 3.63) is 42.2 Å². The van der Waals surface area contributed by atoms with Gasteiger partial charge in [0.2, 0.25) is 5.95 Å². The number of carbonyl (C=O) groups excluding carboxylic acids is 1. The summed E-state index contributed by atoms with van der Waals surface area (Å²) in [7, 11) is 0. The molecule has 2 aromatic heterocycles. The highest BCUT2D eigenvalue weighted by atomic mass is 16.2. The minimum Gasteiger partial charge on any atom is -0.346 e. The first-order chi connectivity index (χ1) is 12.7. The molecule has 0 bridgehead atoms. The van der Waals surface area contributed by atoms with Crippen LogP contribution in [0, 0.1) is 0 Å². The second kappa shape index (κ2) is 7.33. The Bertz CT molecular complexity index is 752. The van der Waals surface area contributed by atoms with Crippen molar-refractivity contribution in [1.29, 1.82) is 0 Å². The minimum atomic E-state index is -0.0688. The molecule has 8 heteroatoms. The van der Waals surface area contributed by atoms with Gasteiger partial charge in [0, 0.05) is 50.5 Å². The lowest BCUT2D eigenvalue weighted by molar-refractivity contribution is 0.0570. The van der Waals surface area contributed by atoms with Gasteiger partial charge in [-0.25, -0.2) is 9.97 Å². The summed E-state index contributed by atoms with van der Waals surface area (Å²) >= 11 is 0. The molecule has 2 atom stereocenters. The number of amides is 1. The average Bonchev–Trinajstić information content (AvgIpc) is 3.16. The first-order valence-corrected chi connectivity index (χ1v) is 9.08. The Balaban J connectivity index is 1.38. The Kier molecular flexibility index (Phi) is 4.75. The van der Waals surface area contributed by atoms with Crippen LogP contribution in [-0.2, 0) is 0 Å². The number of hydrogen-bond donors (Lipinski definition) is 1. The average molecular weight is 353 g/mol. The molecule has 0 aromatic carbocycles. The fourth-order valence-corrected chi connectivity index (χ4v) is 3.67. The van der Waals surface area contributed by atoms with Crippen LogP contribution >= 0.6 is 0 Å². The zero-order valence-corrected chi connectivity index (χ0v) is 14.9. The number of nitrogens with one attached hydrogen (secondary N) is 1. The summed E-state index contributed by atoms with van der Waals surface area (Å²) in [5.41, 5.74) is 1.35. The molecule has 1 N–H and O–H groups in total. The molecule has 4 heterocycles. The van der Waals surface area contributed by atoms with Crippen molar-refractivity contribution in [2.24, 2.45) is 0 Å². The van der Waals surface area contributed by atoms with Crippen molar-refractivity contribution in [3.8, 4) is 0 Å². The quantitative estimate of drug-likeness (QED) is 0.888. The molecule has 2 aromatic rings. The van der Waals surface area contributed by atoms with E-state index in [0.717, 1.165) is 25.3 Å². The van der Waals surface area contributed by atoms with Gasteiger partial charge < -0.3 is 10.2 Å². The van der Waals surface area contributed by atoms with Crippen LogP contribution in [0.5, 0.6) is 0 Å². The van der Waals surface area contributed by atoms with E-state index in [-0.39, 0.29) is 11.9 Å². The summed E-state index contributed by atoms with van der Waals surface area (Å²) in [5.74, 6) is 0.491. The second-order valence-corrected chi connectivity index (χ2v) is 6.87. The van der Waals surface area contributed by atoms with Gasteiger partial charge in [-0.1, -0.05) is 0 Å². The first kappa shape index (κ1) is 16.8. The third-order valence-corrected chi connectivity index (χ3v) is 5.15. The molecule has 0 spiro atoms. The lowest BCUT2D eigenvalue weighted by atomic mass is 10.1. The standard InChI is InChI=1S/C18H23N7O/c1-13(16-11-19-4-5-20-16)23-18-21-9-14(10-22-18)17(26)25-8-7-24-6-2-3-15(24)12-25/h4-5,9-11,13,15H,2-3,6-8,12H2,1H3,(H,21,22,23)/t13?,15-/m1/s1. The number of rotatable bonds is 4. The Hall–Kier alpha value is -2.61. The molecule has 0 saturated carbocycles. The van der Waals surface area contributed by atoms with E-state index in [4.69, 9.17) is 0 Å². The molecule has 4 rings (SSSR count). The van der Waals surface area contributed by atoms with E-state index >= 15 is 0 Å². The van der Waals surface area contributed by atoms with Crippen molar-refractivity contribution in [2.75, 3.05) is 31.5 Å². The largest absolute Gasteiger partial charge is 0.346 e. The number of carbonyl (C=O) groups is 1. The number of nitrogens with zero attached hydrogens (tertiary/aromatic N) is 6. The van der Waals surface area contributed by atoms with Crippen LogP contribution in [0.25, 0.3) is 0 Å². The lowest BCUT2D eigenvalue weighted by Gasteiger charge is -2.37. The fourth-order valence-electron chi connectivity index (χ4n) is 3.67. The number of anilines is 1. The molecular weight excluding hydrogens is 330 g/mol. The maximum atomic E-state index is 12.7. The van der Waals surface area contributed by atoms with Crippen molar-refractivity contribution in [2.45, 2.75) is 31.8 Å². The van der Waals surface area contributed by atoms with Crippen LogP contribution in [0.1, 0.15) is 41.9 Å². The molecule has 8 nitrogen and oxygen atoms in total. The maximum Gasteiger partial charge on any atom is 0.257 e. The third-order valence-electron chi connectivity index (χ3n) is 5.15. The van der Waals surface area contributed by atoms with Crippen molar-refractivity contribution in [1.82, 2.24) is 29.7 Å². The Morgan fingerprint density at radius 3 is 2.77 bits per heavy atom. The van der Waals surface area contributed by atoms with Gasteiger partial charge in [-0.3, -0.25) is 19.7 Å². The summed E-state index contributed by atoms with van der Waals surface area (Å²) in [4.78, 5) is 34.1. The Morgan fingerprint density at radius 1 is 1.15 bits per heavy atom. The Labute approximate surface area is 152 Å². The summed E-state index contributed by atoms with van der Waals surface area (Å²) < 4.78 is 0. The van der Waals surface area contributed by atoms with Crippen LogP contribution in [0.3, 0.4) is 0 Å². The zero-order valence-electron chi connectivity index (χ0n) is 14.9. The van der Waals surface area contributed by atoms with E-state index in [1.54, 1.807) is 31.0 Å². The second-order valence-electron chi connectivity index (χ2n) is 6.87. The molecule has 0 aliphatic carbocycles. The van der Waals surface area contributed by atoms with Crippen LogP contribution in [0.2, 0.25) is 0 Å². The van der Waals surface area contributed by atoms with Gasteiger partial charge in [0.1, 0.15) is 0 Å². The van der Waals surface area contributed by atoms with E-state index in [2.05, 4.69) is 30.2 Å². The van der Waals surface area contributed by atoms with Crippen molar-refractivity contribution < 1.29 is 4.79 Å². The van der Waals surface area contributed by atoms with Crippen LogP contribution in [0.15, 0.2) is 31.0 Å². The van der Waals surface area contributed by atoms with Crippen LogP contribution in [0.4, 0.5) is 5.95 Å². The maximum absolute atomic E-state index is 12.7. The topological polar surface area (TPSA) is 87.1 Å². The van der Waals surface area contributed by atoms with E-state index in [9.17, 15) is 4.79 Å². The summed E-state index contributed by atoms with van der Waals surface area (Å²) in [5, 5.41) is 3.18. The number of piperazine rings is 1. The monoisotopic (exact) mass is 353 g/mol. The first-order valence-electron chi connectivity index (χ1n) is 9.08. The molecule has 136 valence electrons. The van der Waals surface area contributed by atoms with E-state index in [0.29, 0.717) is 17.6 Å². The zero-order chi connectivity index (χ0) is 17.9. The van der Waals surface area contributed by atoms with E-state index < -0.39 is 0 Å².